The molecule has 40 heavy (non-hydrogen) atoms. The normalized spacial score (nSPS) is 15.8. The number of carbonyl (C=O) groups excluding carboxylic acids is 3. The first kappa shape index (κ1) is 27.4. The van der Waals surface area contributed by atoms with Gasteiger partial charge in [0.15, 0.2) is 11.5 Å². The van der Waals surface area contributed by atoms with Crippen LogP contribution < -0.4 is 10.2 Å². The Hall–Kier alpha value is -4.22. The molecular formula is C28H28F3N5O4. The summed E-state index contributed by atoms with van der Waals surface area (Å²) in [6, 6.07) is 8.67. The number of pyridine rings is 1. The summed E-state index contributed by atoms with van der Waals surface area (Å²) in [5.74, 6) is -2.81. The van der Waals surface area contributed by atoms with Crippen LogP contribution in [-0.4, -0.2) is 55.6 Å². The Labute approximate surface area is 228 Å². The van der Waals surface area contributed by atoms with E-state index in [4.69, 9.17) is 0 Å². The molecule has 0 saturated heterocycles. The lowest BCUT2D eigenvalue weighted by Gasteiger charge is -2.23. The highest BCUT2D eigenvalue weighted by Crippen LogP contribution is 2.39. The maximum Gasteiger partial charge on any atom is 0.493 e. The van der Waals surface area contributed by atoms with E-state index < -0.39 is 18.1 Å². The Kier molecular flexibility index (Phi) is 6.89. The second kappa shape index (κ2) is 10.1. The van der Waals surface area contributed by atoms with Gasteiger partial charge >= 0.3 is 12.1 Å². The first-order valence-corrected chi connectivity index (χ1v) is 13.0. The minimum atomic E-state index is -5.27. The summed E-state index contributed by atoms with van der Waals surface area (Å²) in [6.45, 7) is 7.34. The van der Waals surface area contributed by atoms with Crippen molar-refractivity contribution in [3.8, 4) is 22.6 Å². The van der Waals surface area contributed by atoms with Crippen LogP contribution >= 0.6 is 0 Å². The largest absolute Gasteiger partial charge is 0.493 e. The highest BCUT2D eigenvalue weighted by atomic mass is 19.4. The number of aromatic nitrogens is 3. The molecule has 0 unspecified atom stereocenters. The lowest BCUT2D eigenvalue weighted by molar-refractivity contribution is -0.199. The van der Waals surface area contributed by atoms with Crippen LogP contribution in [-0.2, 0) is 11.3 Å². The fraction of sp³-hybridized carbons (Fsp3) is 0.393. The van der Waals surface area contributed by atoms with E-state index in [0.29, 0.717) is 28.3 Å². The van der Waals surface area contributed by atoms with Crippen LogP contribution in [0.25, 0.3) is 22.6 Å². The molecule has 5 rings (SSSR count). The molecular weight excluding hydrogens is 527 g/mol. The van der Waals surface area contributed by atoms with E-state index in [1.165, 1.54) is 13.1 Å². The summed E-state index contributed by atoms with van der Waals surface area (Å²) in [6.07, 6.45) is -1.57. The van der Waals surface area contributed by atoms with Crippen molar-refractivity contribution in [3.05, 3.63) is 59.0 Å². The number of halogens is 3. The van der Waals surface area contributed by atoms with Gasteiger partial charge < -0.3 is 15.1 Å². The summed E-state index contributed by atoms with van der Waals surface area (Å²) in [4.78, 5) is 52.4. The van der Waals surface area contributed by atoms with Gasteiger partial charge in [0.25, 0.3) is 11.8 Å². The maximum absolute atomic E-state index is 13.1. The fourth-order valence-corrected chi connectivity index (χ4v) is 4.86. The van der Waals surface area contributed by atoms with Crippen LogP contribution in [0.1, 0.15) is 65.7 Å². The Balaban J connectivity index is 1.51. The summed E-state index contributed by atoms with van der Waals surface area (Å²) in [7, 11) is 0. The molecule has 1 fully saturated rings. The van der Waals surface area contributed by atoms with Gasteiger partial charge in [0.2, 0.25) is 0 Å². The number of nitrogens with zero attached hydrogens (tertiary/aromatic N) is 4. The molecule has 1 N–H and O–H groups in total. The molecule has 0 spiro atoms. The van der Waals surface area contributed by atoms with Gasteiger partial charge in [-0.3, -0.25) is 14.6 Å². The fourth-order valence-electron chi connectivity index (χ4n) is 4.86. The van der Waals surface area contributed by atoms with Crippen molar-refractivity contribution in [1.29, 1.82) is 0 Å². The zero-order valence-corrected chi connectivity index (χ0v) is 22.4. The van der Waals surface area contributed by atoms with Crippen LogP contribution in [0.4, 0.5) is 13.2 Å². The minimum absolute atomic E-state index is 0.00699. The molecule has 2 amide bonds. The Morgan fingerprint density at radius 2 is 1.80 bits per heavy atom. The number of rotatable bonds is 7. The number of fused-ring (bicyclic) bond motifs is 1. The molecule has 3 aromatic rings. The van der Waals surface area contributed by atoms with Gasteiger partial charge in [0, 0.05) is 30.4 Å². The average Bonchev–Trinajstić information content (AvgIpc) is 3.63. The molecule has 1 aliphatic heterocycles. The lowest BCUT2D eigenvalue weighted by atomic mass is 10.0. The zero-order chi connectivity index (χ0) is 28.9. The monoisotopic (exact) mass is 555 g/mol. The van der Waals surface area contributed by atoms with Crippen molar-refractivity contribution in [3.63, 3.8) is 0 Å². The number of benzene rings is 1. The second-order valence-electron chi connectivity index (χ2n) is 10.5. The summed E-state index contributed by atoms with van der Waals surface area (Å²) >= 11 is 0. The minimum Gasteiger partial charge on any atom is -0.348 e. The predicted molar refractivity (Wildman–Crippen MR) is 138 cm³/mol. The van der Waals surface area contributed by atoms with Gasteiger partial charge in [-0.2, -0.15) is 17.9 Å². The number of carbonyl (C=O) groups is 3. The molecule has 1 aromatic carbocycles. The van der Waals surface area contributed by atoms with Crippen molar-refractivity contribution in [2.45, 2.75) is 65.3 Å². The smallest absolute Gasteiger partial charge is 0.348 e. The second-order valence-corrected chi connectivity index (χ2v) is 10.5. The molecule has 1 aliphatic carbocycles. The summed E-state index contributed by atoms with van der Waals surface area (Å²) in [5, 5.41) is 2.63. The summed E-state index contributed by atoms with van der Waals surface area (Å²) in [5.41, 5.74) is 2.73. The molecule has 1 atom stereocenters. The molecule has 2 aliphatic rings. The molecule has 12 heteroatoms. The van der Waals surface area contributed by atoms with Gasteiger partial charge in [-0.25, -0.2) is 9.78 Å². The Bertz CT molecular complexity index is 1510. The number of nitrogens with one attached hydrogen (secondary N) is 1. The topological polar surface area (TPSA) is 106 Å². The third kappa shape index (κ3) is 5.17. The van der Waals surface area contributed by atoms with E-state index in [-0.39, 0.29) is 40.9 Å². The van der Waals surface area contributed by atoms with E-state index in [1.807, 2.05) is 11.0 Å². The molecule has 3 heterocycles. The van der Waals surface area contributed by atoms with E-state index in [9.17, 15) is 27.6 Å². The average molecular weight is 556 g/mol. The Morgan fingerprint density at radius 1 is 1.10 bits per heavy atom. The highest BCUT2D eigenvalue weighted by molar-refractivity contribution is 5.99. The third-order valence-electron chi connectivity index (χ3n) is 7.15. The lowest BCUT2D eigenvalue weighted by Crippen LogP contribution is -2.34. The number of imidazole rings is 1. The standard InChI is InChI=1S/C28H28F3N5O4/c1-14(2)33-25(37)23-16(4)36(40-27(39)28(29,30)31)24(34-23)22-12-19(9-10-32-22)18-7-8-21-20(11-18)13-35(26(21)38)15(3)17-5-6-17/h7-12,14-15,17H,5-6,13H2,1-4H3,(H,33,37)/t15-/m0/s1. The van der Waals surface area contributed by atoms with Gasteiger partial charge in [-0.1, -0.05) is 6.07 Å². The van der Waals surface area contributed by atoms with Gasteiger partial charge in [-0.15, -0.1) is 0 Å². The molecule has 0 bridgehead atoms. The zero-order valence-electron chi connectivity index (χ0n) is 22.4. The summed E-state index contributed by atoms with van der Waals surface area (Å²) < 4.78 is 39.7. The molecule has 0 radical (unpaired) electrons. The van der Waals surface area contributed by atoms with Crippen molar-refractivity contribution >= 4 is 17.8 Å². The van der Waals surface area contributed by atoms with Gasteiger partial charge in [0.05, 0.1) is 5.69 Å². The first-order chi connectivity index (χ1) is 18.8. The first-order valence-electron chi connectivity index (χ1n) is 13.0. The van der Waals surface area contributed by atoms with E-state index in [2.05, 4.69) is 27.0 Å². The van der Waals surface area contributed by atoms with Crippen molar-refractivity contribution < 1.29 is 32.4 Å². The van der Waals surface area contributed by atoms with E-state index in [1.54, 1.807) is 38.1 Å². The third-order valence-corrected chi connectivity index (χ3v) is 7.15. The Morgan fingerprint density at radius 3 is 2.45 bits per heavy atom. The number of hydrogen-bond acceptors (Lipinski definition) is 6. The van der Waals surface area contributed by atoms with Crippen LogP contribution in [0.5, 0.6) is 0 Å². The predicted octanol–water partition coefficient (Wildman–Crippen LogP) is 4.33. The van der Waals surface area contributed by atoms with Crippen LogP contribution in [0.2, 0.25) is 0 Å². The quantitative estimate of drug-likeness (QED) is 0.465. The SMILES string of the molecule is Cc1c(C(=O)NC(C)C)nc(-c2cc(-c3ccc4c(c3)CN([C@@H](C)C3CC3)C4=O)ccn2)n1OC(=O)C(F)(F)F. The van der Waals surface area contributed by atoms with Crippen molar-refractivity contribution in [2.24, 2.45) is 5.92 Å². The highest BCUT2D eigenvalue weighted by Gasteiger charge is 2.43. The van der Waals surface area contributed by atoms with Gasteiger partial charge in [-0.05, 0) is 87.4 Å². The van der Waals surface area contributed by atoms with Crippen LogP contribution in [0.3, 0.4) is 0 Å². The number of alkyl halides is 3. The molecule has 210 valence electrons. The van der Waals surface area contributed by atoms with Crippen molar-refractivity contribution in [2.75, 3.05) is 0 Å². The molecule has 1 saturated carbocycles. The number of amides is 2. The van der Waals surface area contributed by atoms with Crippen LogP contribution in [0, 0.1) is 12.8 Å². The maximum atomic E-state index is 13.1. The van der Waals surface area contributed by atoms with Crippen molar-refractivity contribution in [1.82, 2.24) is 24.9 Å². The van der Waals surface area contributed by atoms with E-state index >= 15 is 0 Å². The molecule has 9 nitrogen and oxygen atoms in total. The molecule has 2 aromatic heterocycles. The van der Waals surface area contributed by atoms with Gasteiger partial charge in [0.1, 0.15) is 5.69 Å². The van der Waals surface area contributed by atoms with Crippen LogP contribution in [0.15, 0.2) is 36.5 Å². The van der Waals surface area contributed by atoms with E-state index in [0.717, 1.165) is 24.0 Å². The number of hydrogen-bond donors (Lipinski definition) is 1.